The van der Waals surface area contributed by atoms with Crippen molar-refractivity contribution in [1.29, 1.82) is 10.5 Å². The van der Waals surface area contributed by atoms with Gasteiger partial charge in [-0.3, -0.25) is 15.0 Å². The van der Waals surface area contributed by atoms with Crippen molar-refractivity contribution in [1.82, 2.24) is 5.32 Å². The third kappa shape index (κ3) is 3.23. The van der Waals surface area contributed by atoms with E-state index in [0.717, 1.165) is 6.07 Å². The predicted octanol–water partition coefficient (Wildman–Crippen LogP) is 1.58. The maximum absolute atomic E-state index is 14.1. The van der Waals surface area contributed by atoms with Crippen LogP contribution < -0.4 is 10.7 Å². The number of anilines is 1. The molecule has 8 heteroatoms. The lowest BCUT2D eigenvalue weighted by Crippen LogP contribution is -2.43. The number of fused-ring (bicyclic) bond motifs is 1. The van der Waals surface area contributed by atoms with Crippen molar-refractivity contribution in [3.05, 3.63) is 28.6 Å². The molecule has 0 spiro atoms. The minimum atomic E-state index is -0.698. The maximum Gasteiger partial charge on any atom is 0.237 e. The molecule has 122 valence electrons. The number of hydrazone groups is 1. The van der Waals surface area contributed by atoms with Gasteiger partial charge in [-0.05, 0) is 37.0 Å². The summed E-state index contributed by atoms with van der Waals surface area (Å²) < 4.78 is 14.1. The lowest BCUT2D eigenvalue weighted by Gasteiger charge is -2.27. The predicted molar refractivity (Wildman–Crippen MR) is 83.7 cm³/mol. The summed E-state index contributed by atoms with van der Waals surface area (Å²) in [6, 6.07) is 3.53. The molecule has 0 aliphatic heterocycles. The van der Waals surface area contributed by atoms with Gasteiger partial charge < -0.3 is 5.32 Å². The van der Waals surface area contributed by atoms with E-state index in [1.807, 2.05) is 0 Å². The summed E-state index contributed by atoms with van der Waals surface area (Å²) in [4.78, 5) is 23.9. The van der Waals surface area contributed by atoms with Crippen molar-refractivity contribution in [2.24, 2.45) is 5.10 Å². The van der Waals surface area contributed by atoms with E-state index in [4.69, 9.17) is 10.5 Å². The van der Waals surface area contributed by atoms with E-state index in [0.29, 0.717) is 24.0 Å². The molecule has 0 fully saturated rings. The van der Waals surface area contributed by atoms with Crippen molar-refractivity contribution in [3.8, 4) is 12.1 Å². The van der Waals surface area contributed by atoms with E-state index in [1.54, 1.807) is 19.1 Å². The summed E-state index contributed by atoms with van der Waals surface area (Å²) in [5, 5.41) is 23.5. The van der Waals surface area contributed by atoms with Crippen LogP contribution in [0, 0.1) is 35.4 Å². The number of rotatable bonds is 3. The molecular weight excluding hydrogens is 313 g/mol. The van der Waals surface area contributed by atoms with Gasteiger partial charge in [-0.1, -0.05) is 0 Å². The summed E-state index contributed by atoms with van der Waals surface area (Å²) in [6.07, 6.45) is 0.789. The molecule has 1 aliphatic carbocycles. The molecular formula is C16H14FN5O2. The Morgan fingerprint density at radius 3 is 2.67 bits per heavy atom. The zero-order valence-electron chi connectivity index (χ0n) is 13.1. The van der Waals surface area contributed by atoms with Gasteiger partial charge in [0, 0.05) is 12.5 Å². The molecule has 1 aromatic rings. The van der Waals surface area contributed by atoms with E-state index in [9.17, 15) is 14.0 Å². The third-order valence-electron chi connectivity index (χ3n) is 3.78. The Kier molecular flexibility index (Phi) is 4.90. The van der Waals surface area contributed by atoms with Gasteiger partial charge in [0.2, 0.25) is 11.6 Å². The highest BCUT2D eigenvalue weighted by Crippen LogP contribution is 2.32. The Bertz CT molecular complexity index is 816. The Morgan fingerprint density at radius 2 is 2.08 bits per heavy atom. The molecule has 0 heterocycles. The molecule has 1 amide bonds. The van der Waals surface area contributed by atoms with Gasteiger partial charge in [0.05, 0.1) is 11.7 Å². The van der Waals surface area contributed by atoms with Gasteiger partial charge in [0.25, 0.3) is 0 Å². The number of hydrogen-bond donors (Lipinski definition) is 2. The Hall–Kier alpha value is -3.26. The number of carbonyl (C=O) groups excluding carboxylic acids is 2. The molecule has 0 saturated heterocycles. The second kappa shape index (κ2) is 6.88. The van der Waals surface area contributed by atoms with Crippen LogP contribution in [0.2, 0.25) is 0 Å². The highest BCUT2D eigenvalue weighted by molar-refractivity contribution is 6.11. The first-order chi connectivity index (χ1) is 11.4. The summed E-state index contributed by atoms with van der Waals surface area (Å²) in [5.74, 6) is -1.21. The topological polar surface area (TPSA) is 118 Å². The van der Waals surface area contributed by atoms with E-state index < -0.39 is 17.6 Å². The number of Topliss-reactive ketones (excluding diaryl/α,β-unsaturated/α-hetero) is 1. The molecule has 1 unspecified atom stereocenters. The van der Waals surface area contributed by atoms with Crippen LogP contribution in [-0.4, -0.2) is 23.4 Å². The fourth-order valence-corrected chi connectivity index (χ4v) is 2.65. The van der Waals surface area contributed by atoms with Gasteiger partial charge in [0.1, 0.15) is 18.0 Å². The van der Waals surface area contributed by atoms with E-state index in [-0.39, 0.29) is 22.9 Å². The first-order valence-electron chi connectivity index (χ1n) is 7.16. The smallest absolute Gasteiger partial charge is 0.237 e. The number of amides is 1. The SMILES string of the molecule is CC(=O)NC1CCc2c(C)c(F)cc(NN=C(C#N)C#N)c2C1=O. The number of halogens is 1. The summed E-state index contributed by atoms with van der Waals surface area (Å²) in [6.45, 7) is 2.89. The zero-order valence-corrected chi connectivity index (χ0v) is 13.1. The first kappa shape index (κ1) is 17.1. The van der Waals surface area contributed by atoms with Gasteiger partial charge in [-0.2, -0.15) is 15.6 Å². The molecule has 2 N–H and O–H groups in total. The standard InChI is InChI=1S/C16H14FN5O2/c1-8-11-3-4-13(20-9(2)23)16(24)15(11)14(5-12(8)17)22-21-10(6-18)7-19/h5,13,22H,3-4H2,1-2H3,(H,20,23). The molecule has 1 atom stereocenters. The number of ketones is 1. The molecule has 0 radical (unpaired) electrons. The number of hydrogen-bond acceptors (Lipinski definition) is 6. The first-order valence-corrected chi connectivity index (χ1v) is 7.16. The maximum atomic E-state index is 14.1. The van der Waals surface area contributed by atoms with Crippen LogP contribution in [0.3, 0.4) is 0 Å². The number of nitrogens with one attached hydrogen (secondary N) is 2. The molecule has 0 aromatic heterocycles. The zero-order chi connectivity index (χ0) is 17.9. The minimum Gasteiger partial charge on any atom is -0.346 e. The quantitative estimate of drug-likeness (QED) is 0.645. The molecule has 1 aromatic carbocycles. The van der Waals surface area contributed by atoms with E-state index in [2.05, 4.69) is 15.8 Å². The van der Waals surface area contributed by atoms with Crippen LogP contribution in [0.1, 0.15) is 34.8 Å². The Labute approximate surface area is 137 Å². The average Bonchev–Trinajstić information content (AvgIpc) is 2.54. The summed E-state index contributed by atoms with van der Waals surface area (Å²) in [7, 11) is 0. The Balaban J connectivity index is 2.51. The highest BCUT2D eigenvalue weighted by atomic mass is 19.1. The summed E-state index contributed by atoms with van der Waals surface area (Å²) >= 11 is 0. The lowest BCUT2D eigenvalue weighted by molar-refractivity contribution is -0.119. The normalized spacial score (nSPS) is 15.5. The number of carbonyl (C=O) groups is 2. The molecule has 2 rings (SSSR count). The largest absolute Gasteiger partial charge is 0.346 e. The van der Waals surface area contributed by atoms with Gasteiger partial charge >= 0.3 is 0 Å². The molecule has 24 heavy (non-hydrogen) atoms. The summed E-state index contributed by atoms with van der Waals surface area (Å²) in [5.41, 5.74) is 3.14. The number of nitrogens with zero attached hydrogens (tertiary/aromatic N) is 3. The second-order valence-electron chi connectivity index (χ2n) is 5.34. The fraction of sp³-hybridized carbons (Fsp3) is 0.312. The van der Waals surface area contributed by atoms with Crippen LogP contribution in [0.15, 0.2) is 11.2 Å². The molecule has 0 bridgehead atoms. The third-order valence-corrected chi connectivity index (χ3v) is 3.78. The number of benzene rings is 1. The van der Waals surface area contributed by atoms with Gasteiger partial charge in [-0.25, -0.2) is 4.39 Å². The van der Waals surface area contributed by atoms with Crippen LogP contribution >= 0.6 is 0 Å². The van der Waals surface area contributed by atoms with Crippen LogP contribution in [-0.2, 0) is 11.2 Å². The van der Waals surface area contributed by atoms with Crippen molar-refractivity contribution < 1.29 is 14.0 Å². The van der Waals surface area contributed by atoms with Crippen molar-refractivity contribution in [2.45, 2.75) is 32.7 Å². The monoisotopic (exact) mass is 327 g/mol. The lowest BCUT2D eigenvalue weighted by atomic mass is 9.83. The minimum absolute atomic E-state index is 0.0659. The number of nitriles is 2. The van der Waals surface area contributed by atoms with E-state index in [1.165, 1.54) is 6.92 Å². The molecule has 0 saturated carbocycles. The second-order valence-corrected chi connectivity index (χ2v) is 5.34. The fourth-order valence-electron chi connectivity index (χ4n) is 2.65. The van der Waals surface area contributed by atoms with Crippen molar-refractivity contribution in [3.63, 3.8) is 0 Å². The van der Waals surface area contributed by atoms with Crippen molar-refractivity contribution >= 4 is 23.1 Å². The van der Waals surface area contributed by atoms with Gasteiger partial charge in [0.15, 0.2) is 5.78 Å². The van der Waals surface area contributed by atoms with Gasteiger partial charge in [-0.15, -0.1) is 0 Å². The highest BCUT2D eigenvalue weighted by Gasteiger charge is 2.32. The van der Waals surface area contributed by atoms with Crippen LogP contribution in [0.5, 0.6) is 0 Å². The average molecular weight is 327 g/mol. The molecule has 7 nitrogen and oxygen atoms in total. The molecule has 1 aliphatic rings. The van der Waals surface area contributed by atoms with Crippen LogP contribution in [0.25, 0.3) is 0 Å². The Morgan fingerprint density at radius 1 is 1.42 bits per heavy atom. The van der Waals surface area contributed by atoms with Crippen molar-refractivity contribution in [2.75, 3.05) is 5.43 Å². The van der Waals surface area contributed by atoms with E-state index >= 15 is 0 Å². The van der Waals surface area contributed by atoms with Crippen LogP contribution in [0.4, 0.5) is 10.1 Å².